The molecule has 2 aromatic carbocycles. The summed E-state index contributed by atoms with van der Waals surface area (Å²) in [5.74, 6) is -0.0482. The Hall–Kier alpha value is -5.20. The number of piperidine rings is 2. The highest BCUT2D eigenvalue weighted by atomic mass is 35.5. The second-order valence-electron chi connectivity index (χ2n) is 18.9. The molecular formula is C50H50Cl4F2N12O6S2. The second-order valence-corrected chi connectivity index (χ2v) is 23.1. The molecule has 0 saturated carbocycles. The van der Waals surface area contributed by atoms with Gasteiger partial charge in [0.1, 0.15) is 54.7 Å². The van der Waals surface area contributed by atoms with Crippen LogP contribution in [0.25, 0.3) is 43.6 Å². The molecule has 400 valence electrons. The molecule has 2 unspecified atom stereocenters. The van der Waals surface area contributed by atoms with Crippen LogP contribution < -0.4 is 19.3 Å². The summed E-state index contributed by atoms with van der Waals surface area (Å²) in [6.07, 6.45) is 17.3. The van der Waals surface area contributed by atoms with Gasteiger partial charge < -0.3 is 28.7 Å². The summed E-state index contributed by atoms with van der Waals surface area (Å²) in [5.41, 5.74) is 1.57. The number of anilines is 2. The molecule has 26 heteroatoms. The minimum atomic E-state index is -3.79. The number of benzene rings is 2. The highest BCUT2D eigenvalue weighted by Gasteiger charge is 2.30. The van der Waals surface area contributed by atoms with Gasteiger partial charge in [-0.2, -0.15) is 20.2 Å². The summed E-state index contributed by atoms with van der Waals surface area (Å²) >= 11 is 27.1. The quantitative estimate of drug-likeness (QED) is 0.0713. The van der Waals surface area contributed by atoms with Crippen molar-refractivity contribution in [2.24, 2.45) is 0 Å². The first-order valence-electron chi connectivity index (χ1n) is 25.0. The van der Waals surface area contributed by atoms with Crippen LogP contribution in [0.15, 0.2) is 47.0 Å². The van der Waals surface area contributed by atoms with Crippen LogP contribution in [-0.2, 0) is 19.3 Å². The van der Waals surface area contributed by atoms with Gasteiger partial charge in [0.15, 0.2) is 29.1 Å². The van der Waals surface area contributed by atoms with Gasteiger partial charge >= 0.3 is 0 Å². The van der Waals surface area contributed by atoms with Gasteiger partial charge in [0.05, 0.1) is 45.0 Å². The fraction of sp³-hybridized carbons (Fsp3) is 0.440. The Labute approximate surface area is 459 Å². The first-order valence-corrected chi connectivity index (χ1v) is 29.7. The van der Waals surface area contributed by atoms with E-state index >= 15 is 8.78 Å². The van der Waals surface area contributed by atoms with E-state index in [2.05, 4.69) is 35.0 Å². The van der Waals surface area contributed by atoms with Crippen molar-refractivity contribution in [3.63, 3.8) is 0 Å². The first-order chi connectivity index (χ1) is 36.7. The molecule has 4 fully saturated rings. The van der Waals surface area contributed by atoms with Crippen LogP contribution in [0.2, 0.25) is 20.4 Å². The number of aromatic nitrogens is 10. The Morgan fingerprint density at radius 3 is 1.49 bits per heavy atom. The molecule has 0 spiro atoms. The van der Waals surface area contributed by atoms with Crippen LogP contribution in [0.4, 0.5) is 20.4 Å². The molecule has 4 aliphatic heterocycles. The monoisotopic (exact) mass is 1160 g/mol. The van der Waals surface area contributed by atoms with Gasteiger partial charge in [-0.3, -0.25) is 0 Å². The van der Waals surface area contributed by atoms with Gasteiger partial charge in [0.2, 0.25) is 26.8 Å². The molecule has 0 aliphatic carbocycles. The number of ether oxygens (including phenoxy) is 4. The number of thioether (sulfide) groups is 1. The molecule has 0 amide bonds. The van der Waals surface area contributed by atoms with Crippen molar-refractivity contribution < 1.29 is 36.1 Å². The SMILES string of the molecule is CS(=O)(=O)c1nc(N2CCCCC2)c2cc(Cl)nc(Oc3c(Cl)c(F)cc4c3cnn4C3CCCCO3)c2n1.CSc1nc(N2CCCCC2)c2cc(Cl)nc(Oc3c(Cl)c(F)cc4c3cnn4C3CCCCO3)c2n1. The zero-order valence-corrected chi connectivity index (χ0v) is 45.9. The third-order valence-corrected chi connectivity index (χ3v) is 16.2. The molecule has 0 N–H and O–H groups in total. The number of rotatable bonds is 10. The van der Waals surface area contributed by atoms with Crippen LogP contribution in [-0.4, -0.2) is 110 Å². The Morgan fingerprint density at radius 1 is 0.592 bits per heavy atom. The topological polar surface area (TPSA) is 191 Å². The molecule has 0 radical (unpaired) electrons. The lowest BCUT2D eigenvalue weighted by atomic mass is 10.1. The summed E-state index contributed by atoms with van der Waals surface area (Å²) < 4.78 is 82.7. The van der Waals surface area contributed by atoms with Crippen LogP contribution >= 0.6 is 58.2 Å². The van der Waals surface area contributed by atoms with E-state index in [-0.39, 0.29) is 66.7 Å². The van der Waals surface area contributed by atoms with E-state index in [0.717, 1.165) is 101 Å². The van der Waals surface area contributed by atoms with Crippen LogP contribution in [0.5, 0.6) is 23.3 Å². The number of sulfone groups is 1. The van der Waals surface area contributed by atoms with Crippen molar-refractivity contribution in [2.75, 3.05) is 61.7 Å². The van der Waals surface area contributed by atoms with Crippen molar-refractivity contribution in [1.29, 1.82) is 0 Å². The minimum Gasteiger partial charge on any atom is -0.434 e. The lowest BCUT2D eigenvalue weighted by Gasteiger charge is -2.29. The number of pyridine rings is 2. The number of halogens is 6. The van der Waals surface area contributed by atoms with Crippen molar-refractivity contribution >= 4 is 123 Å². The van der Waals surface area contributed by atoms with E-state index in [1.165, 1.54) is 36.5 Å². The molecular weight excluding hydrogens is 1110 g/mol. The minimum absolute atomic E-state index is 0.0381. The average molecular weight is 1160 g/mol. The maximum absolute atomic E-state index is 15.1. The molecule has 12 rings (SSSR count). The summed E-state index contributed by atoms with van der Waals surface area (Å²) in [6.45, 7) is 4.42. The van der Waals surface area contributed by atoms with Gasteiger partial charge in [-0.25, -0.2) is 46.5 Å². The molecule has 4 saturated heterocycles. The van der Waals surface area contributed by atoms with E-state index in [1.54, 1.807) is 27.7 Å². The van der Waals surface area contributed by atoms with Crippen LogP contribution in [0.1, 0.15) is 89.5 Å². The maximum Gasteiger partial charge on any atom is 0.249 e. The number of fused-ring (bicyclic) bond motifs is 4. The molecule has 2 atom stereocenters. The highest BCUT2D eigenvalue weighted by molar-refractivity contribution is 7.98. The van der Waals surface area contributed by atoms with Gasteiger partial charge in [-0.1, -0.05) is 58.2 Å². The molecule has 8 aromatic rings. The Kier molecular flexibility index (Phi) is 15.5. The third kappa shape index (κ3) is 10.6. The van der Waals surface area contributed by atoms with Gasteiger partial charge in [0.25, 0.3) is 0 Å². The molecule has 10 heterocycles. The predicted octanol–water partition coefficient (Wildman–Crippen LogP) is 12.7. The number of hydrogen-bond donors (Lipinski definition) is 0. The largest absolute Gasteiger partial charge is 0.434 e. The Balaban J connectivity index is 0.000000162. The lowest BCUT2D eigenvalue weighted by Crippen LogP contribution is -2.31. The molecule has 18 nitrogen and oxygen atoms in total. The second kappa shape index (κ2) is 22.3. The van der Waals surface area contributed by atoms with Crippen molar-refractivity contribution in [2.45, 2.75) is 99.8 Å². The number of hydrogen-bond acceptors (Lipinski definition) is 17. The highest BCUT2D eigenvalue weighted by Crippen LogP contribution is 2.45. The van der Waals surface area contributed by atoms with E-state index < -0.39 is 21.5 Å². The summed E-state index contributed by atoms with van der Waals surface area (Å²) in [7, 11) is -3.79. The molecule has 76 heavy (non-hydrogen) atoms. The van der Waals surface area contributed by atoms with Crippen molar-refractivity contribution in [3.05, 3.63) is 68.6 Å². The smallest absolute Gasteiger partial charge is 0.249 e. The van der Waals surface area contributed by atoms with Gasteiger partial charge in [-0.15, -0.1) is 0 Å². The van der Waals surface area contributed by atoms with Crippen LogP contribution in [0, 0.1) is 11.6 Å². The summed E-state index contributed by atoms with van der Waals surface area (Å²) in [4.78, 5) is 31.1. The zero-order valence-electron chi connectivity index (χ0n) is 41.2. The van der Waals surface area contributed by atoms with Crippen molar-refractivity contribution in [3.8, 4) is 23.3 Å². The van der Waals surface area contributed by atoms with E-state index in [4.69, 9.17) is 75.3 Å². The Morgan fingerprint density at radius 2 is 1.05 bits per heavy atom. The molecule has 4 aliphatic rings. The zero-order chi connectivity index (χ0) is 52.8. The van der Waals surface area contributed by atoms with E-state index in [0.29, 0.717) is 70.0 Å². The molecule has 6 aromatic heterocycles. The van der Waals surface area contributed by atoms with E-state index in [9.17, 15) is 8.42 Å². The molecule has 0 bridgehead atoms. The average Bonchev–Trinajstić information content (AvgIpc) is 4.10. The third-order valence-electron chi connectivity index (χ3n) is 13.7. The first kappa shape index (κ1) is 52.8. The van der Waals surface area contributed by atoms with Gasteiger partial charge in [-0.05, 0) is 95.4 Å². The number of nitrogens with zero attached hydrogens (tertiary/aromatic N) is 12. The van der Waals surface area contributed by atoms with E-state index in [1.807, 2.05) is 11.2 Å². The fourth-order valence-corrected chi connectivity index (χ4v) is 11.7. The fourth-order valence-electron chi connectivity index (χ4n) is 10.0. The predicted molar refractivity (Wildman–Crippen MR) is 289 cm³/mol. The normalized spacial score (nSPS) is 18.6. The van der Waals surface area contributed by atoms with Crippen LogP contribution in [0.3, 0.4) is 0 Å². The summed E-state index contributed by atoms with van der Waals surface area (Å²) in [6, 6.07) is 5.97. The van der Waals surface area contributed by atoms with Crippen molar-refractivity contribution in [1.82, 2.24) is 49.5 Å². The lowest BCUT2D eigenvalue weighted by molar-refractivity contribution is -0.0368. The van der Waals surface area contributed by atoms with Gasteiger partial charge in [0, 0.05) is 57.8 Å². The maximum atomic E-state index is 15.1. The Bertz CT molecular complexity index is 3630. The summed E-state index contributed by atoms with van der Waals surface area (Å²) in [5, 5.41) is 11.1. The standard InChI is InChI=1S/C25H25Cl2FN6O4S.C25H25Cl2FN6O2S/c1-39(35,36)25-31-21-14(23(32-25)33-8-4-2-5-9-33)11-18(26)30-24(21)38-22-15-13-29-34(19-7-3-6-10-37-19)17(15)12-16(28)20(22)27;1-37-25-31-21-14(23(32-25)33-8-4-2-5-9-33)11-18(26)30-24(21)36-22-15-13-29-34(19-7-3-6-10-35-19)17(15)12-16(28)20(22)27/h11-13,19H,2-10H2,1H3;11-13,19H,2-10H2,1H3.